The van der Waals surface area contributed by atoms with Gasteiger partial charge in [-0.2, -0.15) is 10.8 Å². The smallest absolute Gasteiger partial charge is 0.253 e. The molecule has 6 heteroatoms. The predicted molar refractivity (Wildman–Crippen MR) is 123 cm³/mol. The van der Waals surface area contributed by atoms with Crippen LogP contribution in [0.4, 0.5) is 0 Å². The van der Waals surface area contributed by atoms with Crippen LogP contribution < -0.4 is 5.84 Å². The van der Waals surface area contributed by atoms with Crippen LogP contribution in [0.5, 0.6) is 0 Å². The number of fused-ring (bicyclic) bond motifs is 2. The van der Waals surface area contributed by atoms with Crippen molar-refractivity contribution in [1.29, 1.82) is 0 Å². The third-order valence-corrected chi connectivity index (χ3v) is 6.56. The summed E-state index contributed by atoms with van der Waals surface area (Å²) in [7, 11) is 0. The van der Waals surface area contributed by atoms with Crippen molar-refractivity contribution in [1.82, 2.24) is 4.98 Å². The highest BCUT2D eigenvalue weighted by Gasteiger charge is 2.44. The van der Waals surface area contributed by atoms with E-state index >= 15 is 0 Å². The van der Waals surface area contributed by atoms with Gasteiger partial charge in [0.15, 0.2) is 0 Å². The van der Waals surface area contributed by atoms with Crippen LogP contribution in [0.25, 0.3) is 21.5 Å². The zero-order valence-electron chi connectivity index (χ0n) is 16.3. The van der Waals surface area contributed by atoms with Crippen molar-refractivity contribution >= 4 is 34.3 Å². The van der Waals surface area contributed by atoms with Gasteiger partial charge in [0.05, 0.1) is 34.1 Å². The molecule has 4 heterocycles. The number of nitrogens with two attached hydrogens (primary N) is 1. The number of aryl methyl sites for hydroxylation is 1. The highest BCUT2D eigenvalue weighted by atomic mass is 32.1. The fraction of sp³-hybridized carbons (Fsp3) is 0.0417. The number of allylic oxidation sites excluding steroid dienone is 4. The normalized spacial score (nSPS) is 21.7. The van der Waals surface area contributed by atoms with Crippen molar-refractivity contribution in [3.05, 3.63) is 101 Å². The molecular weight excluding hydrogens is 390 g/mol. The van der Waals surface area contributed by atoms with Crippen molar-refractivity contribution < 1.29 is 4.59 Å². The van der Waals surface area contributed by atoms with E-state index in [0.717, 1.165) is 49.8 Å². The Labute approximate surface area is 177 Å². The summed E-state index contributed by atoms with van der Waals surface area (Å²) in [4.78, 5) is 15.4. The molecule has 6 rings (SSSR count). The fourth-order valence-electron chi connectivity index (χ4n) is 4.03. The molecule has 2 aromatic heterocycles. The number of amidine groups is 1. The van der Waals surface area contributed by atoms with E-state index in [9.17, 15) is 0 Å². The molecule has 1 atom stereocenters. The van der Waals surface area contributed by atoms with E-state index < -0.39 is 0 Å². The number of pyridine rings is 1. The molecule has 1 unspecified atom stereocenters. The van der Waals surface area contributed by atoms with Crippen molar-refractivity contribution in [2.75, 3.05) is 0 Å². The third-order valence-electron chi connectivity index (χ3n) is 5.67. The number of aromatic nitrogens is 1. The lowest BCUT2D eigenvalue weighted by molar-refractivity contribution is -0.750. The van der Waals surface area contributed by atoms with E-state index in [1.807, 2.05) is 24.4 Å². The van der Waals surface area contributed by atoms with Gasteiger partial charge in [0.2, 0.25) is 5.70 Å². The van der Waals surface area contributed by atoms with Gasteiger partial charge >= 0.3 is 0 Å². The van der Waals surface area contributed by atoms with Gasteiger partial charge in [-0.25, -0.2) is 4.98 Å². The first kappa shape index (κ1) is 17.4. The molecule has 0 fully saturated rings. The molecular formula is C24H18N5S+. The number of thiophene rings is 1. The average Bonchev–Trinajstić information content (AvgIpc) is 3.33. The largest absolute Gasteiger partial charge is 0.265 e. The molecule has 5 nitrogen and oxygen atoms in total. The maximum absolute atomic E-state index is 6.83. The van der Waals surface area contributed by atoms with Gasteiger partial charge in [0, 0.05) is 11.0 Å². The number of quaternary nitrogens is 1. The zero-order valence-corrected chi connectivity index (χ0v) is 17.1. The first-order valence-electron chi connectivity index (χ1n) is 9.70. The number of rotatable bonds is 3. The van der Waals surface area contributed by atoms with Crippen molar-refractivity contribution in [2.45, 2.75) is 6.92 Å². The molecule has 0 spiro atoms. The lowest BCUT2D eigenvalue weighted by Gasteiger charge is -2.26. The van der Waals surface area contributed by atoms with Gasteiger partial charge < -0.3 is 0 Å². The second kappa shape index (κ2) is 6.27. The first-order valence-corrected chi connectivity index (χ1v) is 10.6. The first-order chi connectivity index (χ1) is 14.6. The monoisotopic (exact) mass is 408 g/mol. The number of hydrogen-bond acceptors (Lipinski definition) is 5. The number of benzene rings is 1. The van der Waals surface area contributed by atoms with Crippen LogP contribution in [-0.2, 0) is 0 Å². The molecule has 0 radical (unpaired) electrons. The molecule has 0 amide bonds. The highest BCUT2D eigenvalue weighted by Crippen LogP contribution is 2.37. The summed E-state index contributed by atoms with van der Waals surface area (Å²) in [6, 6.07) is 12.6. The van der Waals surface area contributed by atoms with E-state index in [0.29, 0.717) is 0 Å². The average molecular weight is 409 g/mol. The molecule has 3 aromatic rings. The van der Waals surface area contributed by atoms with Gasteiger partial charge in [0.25, 0.3) is 5.84 Å². The Balaban J connectivity index is 1.51. The van der Waals surface area contributed by atoms with Crippen LogP contribution in [-0.4, -0.2) is 21.6 Å². The van der Waals surface area contributed by atoms with Crippen LogP contribution in [0.2, 0.25) is 0 Å². The maximum atomic E-state index is 6.83. The minimum absolute atomic E-state index is 0.0130. The van der Waals surface area contributed by atoms with Crippen LogP contribution >= 0.6 is 11.3 Å². The summed E-state index contributed by atoms with van der Waals surface area (Å²) in [5.41, 5.74) is 6.92. The standard InChI is InChI=1S/C24H18N5S/c1-15-12-20(22-6-3-11-30-22)27-19-13-17(7-8-18(15)19)24-28-23(16-4-2-5-16)21-14-26-9-10-29(21,24)25/h2-14H,25H2,1H3/q+1. The predicted octanol–water partition coefficient (Wildman–Crippen LogP) is 4.99. The Bertz CT molecular complexity index is 1400. The molecule has 0 bridgehead atoms. The van der Waals surface area contributed by atoms with E-state index in [1.165, 1.54) is 5.56 Å². The van der Waals surface area contributed by atoms with Gasteiger partial charge in [-0.1, -0.05) is 30.4 Å². The SMILES string of the molecule is Cc1cc(-c2cccs2)nc2cc(C3=NC(C4=CC=C4)=C4C=NC=C[N+]34N)ccc12. The summed E-state index contributed by atoms with van der Waals surface area (Å²) < 4.78 is 0.0130. The van der Waals surface area contributed by atoms with Crippen LogP contribution in [0.1, 0.15) is 11.1 Å². The lowest BCUT2D eigenvalue weighted by atomic mass is 10.0. The van der Waals surface area contributed by atoms with E-state index in [-0.39, 0.29) is 4.59 Å². The molecule has 2 aliphatic heterocycles. The Kier molecular flexibility index (Phi) is 3.64. The van der Waals surface area contributed by atoms with Gasteiger partial charge in [-0.3, -0.25) is 4.99 Å². The summed E-state index contributed by atoms with van der Waals surface area (Å²) in [6.07, 6.45) is 11.5. The second-order valence-electron chi connectivity index (χ2n) is 7.54. The zero-order chi connectivity index (χ0) is 20.3. The fourth-order valence-corrected chi connectivity index (χ4v) is 4.72. The molecule has 1 aromatic carbocycles. The molecule has 30 heavy (non-hydrogen) atoms. The van der Waals surface area contributed by atoms with Crippen LogP contribution in [0.3, 0.4) is 0 Å². The van der Waals surface area contributed by atoms with Gasteiger partial charge in [-0.15, -0.1) is 15.9 Å². The molecule has 3 aliphatic rings. The maximum Gasteiger partial charge on any atom is 0.265 e. The molecule has 1 aliphatic carbocycles. The molecule has 2 N–H and O–H groups in total. The number of nitrogens with zero attached hydrogens (tertiary/aromatic N) is 4. The second-order valence-corrected chi connectivity index (χ2v) is 8.49. The minimum atomic E-state index is 0.0130. The lowest BCUT2D eigenvalue weighted by Crippen LogP contribution is -2.53. The highest BCUT2D eigenvalue weighted by molar-refractivity contribution is 7.13. The summed E-state index contributed by atoms with van der Waals surface area (Å²) in [5, 5.41) is 3.21. The Morgan fingerprint density at radius 2 is 2.03 bits per heavy atom. The Hall–Kier alpha value is -3.45. The minimum Gasteiger partial charge on any atom is -0.253 e. The van der Waals surface area contributed by atoms with E-state index in [2.05, 4.69) is 53.7 Å². The van der Waals surface area contributed by atoms with Crippen molar-refractivity contribution in [3.63, 3.8) is 0 Å². The topological polar surface area (TPSA) is 63.6 Å². The molecule has 144 valence electrons. The van der Waals surface area contributed by atoms with Gasteiger partial charge in [0.1, 0.15) is 11.9 Å². The Morgan fingerprint density at radius 3 is 2.80 bits per heavy atom. The Morgan fingerprint density at radius 1 is 1.13 bits per heavy atom. The number of aliphatic imine (C=N–C) groups is 2. The van der Waals surface area contributed by atoms with E-state index in [4.69, 9.17) is 15.8 Å². The van der Waals surface area contributed by atoms with E-state index in [1.54, 1.807) is 23.8 Å². The van der Waals surface area contributed by atoms with Crippen LogP contribution in [0, 0.1) is 6.92 Å². The van der Waals surface area contributed by atoms with Crippen molar-refractivity contribution in [2.24, 2.45) is 15.8 Å². The summed E-state index contributed by atoms with van der Waals surface area (Å²) in [6.45, 7) is 2.13. The molecule has 0 saturated heterocycles. The van der Waals surface area contributed by atoms with Crippen LogP contribution in [0.15, 0.2) is 99.4 Å². The summed E-state index contributed by atoms with van der Waals surface area (Å²) in [5.74, 6) is 7.60. The summed E-state index contributed by atoms with van der Waals surface area (Å²) >= 11 is 1.70. The van der Waals surface area contributed by atoms with Gasteiger partial charge in [-0.05, 0) is 42.1 Å². The number of hydrogen-bond donors (Lipinski definition) is 1. The quantitative estimate of drug-likeness (QED) is 0.490. The third kappa shape index (κ3) is 2.45. The molecule has 0 saturated carbocycles. The van der Waals surface area contributed by atoms with Crippen molar-refractivity contribution in [3.8, 4) is 10.6 Å².